The van der Waals surface area contributed by atoms with Gasteiger partial charge in [-0.05, 0) is 36.1 Å². The van der Waals surface area contributed by atoms with Crippen molar-refractivity contribution in [1.29, 1.82) is 0 Å². The van der Waals surface area contributed by atoms with Crippen molar-refractivity contribution in [2.45, 2.75) is 25.3 Å². The van der Waals surface area contributed by atoms with Crippen LogP contribution in [0.2, 0.25) is 0 Å². The maximum absolute atomic E-state index is 12.8. The molecule has 0 spiro atoms. The van der Waals surface area contributed by atoms with Gasteiger partial charge in [0.1, 0.15) is 0 Å². The van der Waals surface area contributed by atoms with E-state index in [0.717, 1.165) is 23.2 Å². The maximum atomic E-state index is 12.8. The van der Waals surface area contributed by atoms with Gasteiger partial charge in [0.05, 0.1) is 11.9 Å². The summed E-state index contributed by atoms with van der Waals surface area (Å²) in [5.74, 6) is -0.372. The number of carboxylic acids is 1. The average molecular weight is 325 g/mol. The van der Waals surface area contributed by atoms with Crippen LogP contribution in [-0.2, 0) is 24.8 Å². The summed E-state index contributed by atoms with van der Waals surface area (Å²) in [6.07, 6.45) is 5.22. The summed E-state index contributed by atoms with van der Waals surface area (Å²) in [6, 6.07) is 5.18. The monoisotopic (exact) mass is 325 g/mol. The third-order valence-electron chi connectivity index (χ3n) is 5.12. The Morgan fingerprint density at radius 2 is 2.12 bits per heavy atom. The summed E-state index contributed by atoms with van der Waals surface area (Å²) in [5, 5.41) is 9.08. The molecule has 2 aliphatic rings. The van der Waals surface area contributed by atoms with Gasteiger partial charge in [-0.1, -0.05) is 6.07 Å². The quantitative estimate of drug-likeness (QED) is 0.934. The lowest BCUT2D eigenvalue weighted by Gasteiger charge is -2.29. The minimum Gasteiger partial charge on any atom is -0.478 e. The molecule has 2 heterocycles. The van der Waals surface area contributed by atoms with Crippen LogP contribution in [0, 0.1) is 5.92 Å². The van der Waals surface area contributed by atoms with E-state index in [4.69, 9.17) is 5.11 Å². The summed E-state index contributed by atoms with van der Waals surface area (Å²) < 4.78 is 1.98. The fraction of sp³-hybridized carbons (Fsp3) is 0.389. The van der Waals surface area contributed by atoms with Gasteiger partial charge in [-0.3, -0.25) is 4.79 Å². The molecule has 1 aliphatic heterocycles. The molecule has 6 nitrogen and oxygen atoms in total. The standard InChI is InChI=1S/C18H19N3O3/c1-20-10-19-8-16(20)14-7-15(14)17(22)21-5-4-11-6-12(18(23)24)2-3-13(11)9-21/h2-3,6,8,10,14-15H,4-5,7,9H2,1H3,(H,23,24)/t14-,15-/m1/s1. The Morgan fingerprint density at radius 3 is 2.83 bits per heavy atom. The van der Waals surface area contributed by atoms with Crippen LogP contribution in [0.3, 0.4) is 0 Å². The molecule has 124 valence electrons. The summed E-state index contributed by atoms with van der Waals surface area (Å²) in [6.45, 7) is 1.23. The summed E-state index contributed by atoms with van der Waals surface area (Å²) in [7, 11) is 1.96. The highest BCUT2D eigenvalue weighted by molar-refractivity contribution is 5.88. The number of aromatic nitrogens is 2. The van der Waals surface area contributed by atoms with Gasteiger partial charge in [0.2, 0.25) is 5.91 Å². The number of hydrogen-bond donors (Lipinski definition) is 1. The smallest absolute Gasteiger partial charge is 0.335 e. The number of nitrogens with zero attached hydrogens (tertiary/aromatic N) is 3. The molecule has 1 saturated carbocycles. The zero-order valence-electron chi connectivity index (χ0n) is 13.5. The van der Waals surface area contributed by atoms with E-state index < -0.39 is 5.97 Å². The van der Waals surface area contributed by atoms with Gasteiger partial charge in [-0.15, -0.1) is 0 Å². The van der Waals surface area contributed by atoms with Gasteiger partial charge in [-0.2, -0.15) is 0 Å². The highest BCUT2D eigenvalue weighted by Gasteiger charge is 2.47. The molecular formula is C18H19N3O3. The van der Waals surface area contributed by atoms with Crippen LogP contribution < -0.4 is 0 Å². The number of benzene rings is 1. The van der Waals surface area contributed by atoms with Crippen LogP contribution in [0.4, 0.5) is 0 Å². The van der Waals surface area contributed by atoms with Crippen molar-refractivity contribution in [3.05, 3.63) is 53.1 Å². The van der Waals surface area contributed by atoms with Crippen molar-refractivity contribution in [2.75, 3.05) is 6.54 Å². The molecule has 4 rings (SSSR count). The van der Waals surface area contributed by atoms with Crippen LogP contribution in [0.1, 0.15) is 39.5 Å². The van der Waals surface area contributed by atoms with Gasteiger partial charge < -0.3 is 14.6 Å². The first-order valence-corrected chi connectivity index (χ1v) is 8.14. The number of carboxylic acid groups (broad SMARTS) is 1. The van der Waals surface area contributed by atoms with Crippen molar-refractivity contribution in [2.24, 2.45) is 13.0 Å². The lowest BCUT2D eigenvalue weighted by Crippen LogP contribution is -2.37. The van der Waals surface area contributed by atoms with E-state index in [9.17, 15) is 9.59 Å². The van der Waals surface area contributed by atoms with E-state index in [1.165, 1.54) is 0 Å². The Hall–Kier alpha value is -2.63. The molecule has 1 aromatic heterocycles. The number of hydrogen-bond acceptors (Lipinski definition) is 3. The second-order valence-electron chi connectivity index (χ2n) is 6.68. The molecule has 1 N–H and O–H groups in total. The van der Waals surface area contributed by atoms with E-state index in [1.807, 2.05) is 28.8 Å². The molecule has 0 radical (unpaired) electrons. The van der Waals surface area contributed by atoms with Crippen LogP contribution in [-0.4, -0.2) is 38.0 Å². The number of imidazole rings is 1. The Bertz CT molecular complexity index is 827. The molecule has 1 aliphatic carbocycles. The molecule has 0 saturated heterocycles. The van der Waals surface area contributed by atoms with Crippen LogP contribution in [0.15, 0.2) is 30.7 Å². The fourth-order valence-electron chi connectivity index (χ4n) is 3.63. The summed E-state index contributed by atoms with van der Waals surface area (Å²) >= 11 is 0. The van der Waals surface area contributed by atoms with E-state index in [0.29, 0.717) is 25.1 Å². The number of aromatic carboxylic acids is 1. The molecule has 0 unspecified atom stereocenters. The van der Waals surface area contributed by atoms with E-state index in [2.05, 4.69) is 4.98 Å². The molecule has 1 aromatic carbocycles. The molecule has 2 aromatic rings. The Kier molecular flexibility index (Phi) is 3.40. The fourth-order valence-corrected chi connectivity index (χ4v) is 3.63. The third kappa shape index (κ3) is 2.48. The lowest BCUT2D eigenvalue weighted by atomic mass is 9.97. The Labute approximate surface area is 139 Å². The second kappa shape index (κ2) is 5.47. The molecule has 24 heavy (non-hydrogen) atoms. The maximum Gasteiger partial charge on any atom is 0.335 e. The van der Waals surface area contributed by atoms with E-state index in [-0.39, 0.29) is 17.7 Å². The molecule has 0 bridgehead atoms. The number of fused-ring (bicyclic) bond motifs is 1. The van der Waals surface area contributed by atoms with Crippen LogP contribution in [0.25, 0.3) is 0 Å². The highest BCUT2D eigenvalue weighted by Crippen LogP contribution is 2.48. The normalized spacial score (nSPS) is 22.1. The minimum atomic E-state index is -0.909. The number of carbonyl (C=O) groups is 2. The summed E-state index contributed by atoms with van der Waals surface area (Å²) in [5.41, 5.74) is 3.53. The van der Waals surface area contributed by atoms with Crippen molar-refractivity contribution < 1.29 is 14.7 Å². The number of rotatable bonds is 3. The van der Waals surface area contributed by atoms with Crippen molar-refractivity contribution in [3.8, 4) is 0 Å². The predicted molar refractivity (Wildman–Crippen MR) is 86.6 cm³/mol. The van der Waals surface area contributed by atoms with Crippen molar-refractivity contribution in [3.63, 3.8) is 0 Å². The number of aryl methyl sites for hydroxylation is 1. The van der Waals surface area contributed by atoms with E-state index in [1.54, 1.807) is 18.5 Å². The van der Waals surface area contributed by atoms with Gasteiger partial charge in [0, 0.05) is 43.9 Å². The minimum absolute atomic E-state index is 0.0558. The van der Waals surface area contributed by atoms with Crippen molar-refractivity contribution in [1.82, 2.24) is 14.5 Å². The van der Waals surface area contributed by atoms with E-state index >= 15 is 0 Å². The first kappa shape index (κ1) is 14.9. The SMILES string of the molecule is Cn1cncc1[C@@H]1C[C@H]1C(=O)N1CCc2cc(C(=O)O)ccc2C1. The van der Waals surface area contributed by atoms with Crippen molar-refractivity contribution >= 4 is 11.9 Å². The van der Waals surface area contributed by atoms with Crippen LogP contribution in [0.5, 0.6) is 0 Å². The summed E-state index contributed by atoms with van der Waals surface area (Å²) in [4.78, 5) is 29.9. The topological polar surface area (TPSA) is 75.4 Å². The van der Waals surface area contributed by atoms with Gasteiger partial charge >= 0.3 is 5.97 Å². The largest absolute Gasteiger partial charge is 0.478 e. The zero-order valence-corrected chi connectivity index (χ0v) is 13.5. The van der Waals surface area contributed by atoms with Gasteiger partial charge in [-0.25, -0.2) is 9.78 Å². The second-order valence-corrected chi connectivity index (χ2v) is 6.68. The third-order valence-corrected chi connectivity index (χ3v) is 5.12. The first-order chi connectivity index (χ1) is 11.5. The van der Waals surface area contributed by atoms with Crippen LogP contribution >= 0.6 is 0 Å². The lowest BCUT2D eigenvalue weighted by molar-refractivity contribution is -0.133. The average Bonchev–Trinajstić information content (AvgIpc) is 3.26. The Balaban J connectivity index is 1.46. The molecule has 1 amide bonds. The predicted octanol–water partition coefficient (Wildman–Crippen LogP) is 1.81. The molecule has 1 fully saturated rings. The Morgan fingerprint density at radius 1 is 1.29 bits per heavy atom. The zero-order chi connectivity index (χ0) is 16.8. The molecule has 6 heteroatoms. The molecular weight excluding hydrogens is 306 g/mol. The van der Waals surface area contributed by atoms with Gasteiger partial charge in [0.25, 0.3) is 0 Å². The van der Waals surface area contributed by atoms with Gasteiger partial charge in [0.15, 0.2) is 0 Å². The highest BCUT2D eigenvalue weighted by atomic mass is 16.4. The number of carbonyl (C=O) groups excluding carboxylic acids is 1. The molecule has 2 atom stereocenters. The number of amides is 1. The first-order valence-electron chi connectivity index (χ1n) is 8.14.